The maximum Gasteiger partial charge on any atom is 0.393 e. The third-order valence-corrected chi connectivity index (χ3v) is 3.14. The van der Waals surface area contributed by atoms with Gasteiger partial charge in [0.05, 0.1) is 11.5 Å². The Morgan fingerprint density at radius 3 is 2.40 bits per heavy atom. The average Bonchev–Trinajstić information content (AvgIpc) is 2.96. The highest BCUT2D eigenvalue weighted by molar-refractivity contribution is 5.90. The molecule has 9 heteroatoms. The van der Waals surface area contributed by atoms with Gasteiger partial charge < -0.3 is 4.90 Å². The largest absolute Gasteiger partial charge is 0.393 e. The first-order valence-corrected chi connectivity index (χ1v) is 6.25. The predicted octanol–water partition coefficient (Wildman–Crippen LogP) is 1.45. The number of alkyl halides is 3. The lowest BCUT2D eigenvalue weighted by molar-refractivity contribution is -0.169. The molecule has 1 aromatic rings. The van der Waals surface area contributed by atoms with E-state index in [2.05, 4.69) is 15.4 Å². The zero-order valence-corrected chi connectivity index (χ0v) is 11.5. The molecule has 1 aromatic heterocycles. The van der Waals surface area contributed by atoms with Crippen LogP contribution in [0.5, 0.6) is 0 Å². The van der Waals surface area contributed by atoms with Gasteiger partial charge in [0.15, 0.2) is 0 Å². The first-order chi connectivity index (χ1) is 9.09. The lowest BCUT2D eigenvalue weighted by Crippen LogP contribution is -2.33. The number of nitrogens with zero attached hydrogens (tertiary/aromatic N) is 5. The van der Waals surface area contributed by atoms with Crippen LogP contribution < -0.4 is 0 Å². The van der Waals surface area contributed by atoms with Crippen molar-refractivity contribution >= 4 is 5.91 Å². The highest BCUT2D eigenvalue weighted by Crippen LogP contribution is 2.33. The van der Waals surface area contributed by atoms with Crippen LogP contribution in [0.15, 0.2) is 0 Å². The average molecular weight is 291 g/mol. The molecule has 0 radical (unpaired) electrons. The number of amides is 1. The molecule has 0 saturated carbocycles. The Morgan fingerprint density at radius 2 is 1.95 bits per heavy atom. The van der Waals surface area contributed by atoms with Gasteiger partial charge in [-0.15, -0.1) is 10.2 Å². The standard InChI is InChI=1S/C11H16F3N5O/c1-10(2,3)19-16-8(15-17-19)9(20)18-5-4-7(6-18)11(12,13)14/h7H,4-6H2,1-3H3. The minimum absolute atomic E-state index is 0.0626. The van der Waals surface area contributed by atoms with Gasteiger partial charge in [-0.1, -0.05) is 0 Å². The van der Waals surface area contributed by atoms with Gasteiger partial charge in [0.2, 0.25) is 0 Å². The third-order valence-electron chi connectivity index (χ3n) is 3.14. The number of likely N-dealkylation sites (tertiary alicyclic amines) is 1. The van der Waals surface area contributed by atoms with E-state index in [9.17, 15) is 18.0 Å². The van der Waals surface area contributed by atoms with Crippen LogP contribution in [0.1, 0.15) is 37.8 Å². The lowest BCUT2D eigenvalue weighted by atomic mass is 10.1. The molecule has 2 heterocycles. The molecule has 0 bridgehead atoms. The predicted molar refractivity (Wildman–Crippen MR) is 62.9 cm³/mol. The second-order valence-electron chi connectivity index (χ2n) is 5.85. The topological polar surface area (TPSA) is 63.9 Å². The smallest absolute Gasteiger partial charge is 0.335 e. The van der Waals surface area contributed by atoms with Crippen LogP contribution in [0.4, 0.5) is 13.2 Å². The Balaban J connectivity index is 2.08. The summed E-state index contributed by atoms with van der Waals surface area (Å²) >= 11 is 0. The number of tetrazole rings is 1. The van der Waals surface area contributed by atoms with Gasteiger partial charge in [-0.2, -0.15) is 18.0 Å². The van der Waals surface area contributed by atoms with Gasteiger partial charge in [-0.05, 0) is 32.4 Å². The van der Waals surface area contributed by atoms with Crippen LogP contribution in [0, 0.1) is 5.92 Å². The van der Waals surface area contributed by atoms with E-state index < -0.39 is 23.5 Å². The van der Waals surface area contributed by atoms with Crippen molar-refractivity contribution in [3.05, 3.63) is 5.82 Å². The zero-order valence-electron chi connectivity index (χ0n) is 11.5. The van der Waals surface area contributed by atoms with Crippen molar-refractivity contribution in [3.63, 3.8) is 0 Å². The molecular weight excluding hydrogens is 275 g/mol. The number of carbonyl (C=O) groups excluding carboxylic acids is 1. The van der Waals surface area contributed by atoms with E-state index in [1.165, 1.54) is 4.80 Å². The number of aromatic nitrogens is 4. The van der Waals surface area contributed by atoms with E-state index in [0.29, 0.717) is 0 Å². The molecule has 1 unspecified atom stereocenters. The van der Waals surface area contributed by atoms with E-state index in [0.717, 1.165) is 4.90 Å². The van der Waals surface area contributed by atoms with E-state index in [4.69, 9.17) is 0 Å². The van der Waals surface area contributed by atoms with Crippen molar-refractivity contribution in [1.82, 2.24) is 25.1 Å². The van der Waals surface area contributed by atoms with Gasteiger partial charge in [-0.3, -0.25) is 4.79 Å². The Labute approximate surface area is 113 Å². The van der Waals surface area contributed by atoms with E-state index in [1.54, 1.807) is 0 Å². The molecule has 1 fully saturated rings. The van der Waals surface area contributed by atoms with Gasteiger partial charge in [-0.25, -0.2) is 0 Å². The Morgan fingerprint density at radius 1 is 1.30 bits per heavy atom. The molecule has 1 aliphatic rings. The molecule has 2 rings (SSSR count). The van der Waals surface area contributed by atoms with E-state index in [-0.39, 0.29) is 25.3 Å². The minimum Gasteiger partial charge on any atom is -0.335 e. The Hall–Kier alpha value is -1.67. The van der Waals surface area contributed by atoms with Crippen LogP contribution in [0.3, 0.4) is 0 Å². The summed E-state index contributed by atoms with van der Waals surface area (Å²) < 4.78 is 37.7. The molecule has 0 N–H and O–H groups in total. The van der Waals surface area contributed by atoms with Crippen LogP contribution in [0.2, 0.25) is 0 Å². The summed E-state index contributed by atoms with van der Waals surface area (Å²) in [6, 6.07) is 0. The molecule has 1 aliphatic heterocycles. The molecule has 112 valence electrons. The van der Waals surface area contributed by atoms with Crippen LogP contribution in [0.25, 0.3) is 0 Å². The summed E-state index contributed by atoms with van der Waals surface area (Å²) in [5, 5.41) is 11.3. The maximum atomic E-state index is 12.6. The van der Waals surface area contributed by atoms with E-state index >= 15 is 0 Å². The van der Waals surface area contributed by atoms with Crippen LogP contribution in [-0.4, -0.2) is 50.3 Å². The zero-order chi connectivity index (χ0) is 15.1. The minimum atomic E-state index is -4.27. The fourth-order valence-corrected chi connectivity index (χ4v) is 1.94. The number of carbonyl (C=O) groups is 1. The number of rotatable bonds is 1. The second kappa shape index (κ2) is 4.71. The molecule has 1 atom stereocenters. The SMILES string of the molecule is CC(C)(C)n1nnc(C(=O)N2CCC(C(F)(F)F)C2)n1. The van der Waals surface area contributed by atoms with Crippen molar-refractivity contribution in [1.29, 1.82) is 0 Å². The highest BCUT2D eigenvalue weighted by Gasteiger charge is 2.45. The molecular formula is C11H16F3N5O. The van der Waals surface area contributed by atoms with Crippen LogP contribution >= 0.6 is 0 Å². The summed E-state index contributed by atoms with van der Waals surface area (Å²) in [5.74, 6) is -2.24. The van der Waals surface area contributed by atoms with E-state index in [1.807, 2.05) is 20.8 Å². The summed E-state index contributed by atoms with van der Waals surface area (Å²) in [5.41, 5.74) is -0.439. The molecule has 0 spiro atoms. The van der Waals surface area contributed by atoms with Gasteiger partial charge in [0, 0.05) is 13.1 Å². The maximum absolute atomic E-state index is 12.6. The molecule has 20 heavy (non-hydrogen) atoms. The van der Waals surface area contributed by atoms with Crippen molar-refractivity contribution < 1.29 is 18.0 Å². The lowest BCUT2D eigenvalue weighted by Gasteiger charge is -2.17. The first kappa shape index (κ1) is 14.7. The van der Waals surface area contributed by atoms with Gasteiger partial charge in [0.1, 0.15) is 0 Å². The van der Waals surface area contributed by atoms with Gasteiger partial charge >= 0.3 is 6.18 Å². The van der Waals surface area contributed by atoms with Crippen molar-refractivity contribution in [2.45, 2.75) is 38.9 Å². The quantitative estimate of drug-likeness (QED) is 0.785. The molecule has 0 aromatic carbocycles. The molecule has 6 nitrogen and oxygen atoms in total. The number of hydrogen-bond acceptors (Lipinski definition) is 4. The van der Waals surface area contributed by atoms with Crippen LogP contribution in [-0.2, 0) is 5.54 Å². The van der Waals surface area contributed by atoms with Crippen molar-refractivity contribution in [3.8, 4) is 0 Å². The normalized spacial score (nSPS) is 20.5. The highest BCUT2D eigenvalue weighted by atomic mass is 19.4. The third kappa shape index (κ3) is 2.91. The number of hydrogen-bond donors (Lipinski definition) is 0. The van der Waals surface area contributed by atoms with Crippen molar-refractivity contribution in [2.75, 3.05) is 13.1 Å². The molecule has 0 aliphatic carbocycles. The Kier molecular flexibility index (Phi) is 3.47. The molecule has 1 amide bonds. The summed E-state index contributed by atoms with van der Waals surface area (Å²) in [6.07, 6.45) is -4.35. The summed E-state index contributed by atoms with van der Waals surface area (Å²) in [4.78, 5) is 14.4. The fourth-order valence-electron chi connectivity index (χ4n) is 1.94. The molecule has 1 saturated heterocycles. The first-order valence-electron chi connectivity index (χ1n) is 6.25. The second-order valence-corrected chi connectivity index (χ2v) is 5.85. The van der Waals surface area contributed by atoms with Gasteiger partial charge in [0.25, 0.3) is 11.7 Å². The summed E-state index contributed by atoms with van der Waals surface area (Å²) in [6.45, 7) is 5.22. The monoisotopic (exact) mass is 291 g/mol. The Bertz CT molecular complexity index is 505. The number of halogens is 3. The fraction of sp³-hybridized carbons (Fsp3) is 0.818. The summed E-state index contributed by atoms with van der Waals surface area (Å²) in [7, 11) is 0. The van der Waals surface area contributed by atoms with Crippen molar-refractivity contribution in [2.24, 2.45) is 5.92 Å².